The number of methoxy groups -OCH3 is 1. The lowest BCUT2D eigenvalue weighted by Crippen LogP contribution is -2.12. The summed E-state index contributed by atoms with van der Waals surface area (Å²) in [4.78, 5) is 8.61. The van der Waals surface area contributed by atoms with Gasteiger partial charge in [-0.25, -0.2) is 15.8 Å². The SMILES string of the molecule is CCc1ccccc1Nc1cc(NN)nc(COC)n1. The van der Waals surface area contributed by atoms with Gasteiger partial charge in [0.05, 0.1) is 0 Å². The number of nitrogen functional groups attached to an aromatic ring is 1. The minimum Gasteiger partial charge on any atom is -0.377 e. The van der Waals surface area contributed by atoms with E-state index in [4.69, 9.17) is 10.6 Å². The predicted octanol–water partition coefficient (Wildman–Crippen LogP) is 2.21. The number of rotatable bonds is 6. The smallest absolute Gasteiger partial charge is 0.158 e. The Hall–Kier alpha value is -2.18. The summed E-state index contributed by atoms with van der Waals surface area (Å²) in [6.07, 6.45) is 0.946. The van der Waals surface area contributed by atoms with Crippen LogP contribution in [0, 0.1) is 0 Å². The first-order valence-electron chi connectivity index (χ1n) is 6.45. The number of para-hydroxylation sites is 1. The largest absolute Gasteiger partial charge is 0.377 e. The van der Waals surface area contributed by atoms with E-state index in [0.717, 1.165) is 12.1 Å². The van der Waals surface area contributed by atoms with Gasteiger partial charge in [-0.05, 0) is 18.1 Å². The first kappa shape index (κ1) is 14.2. The number of hydrazine groups is 1. The Balaban J connectivity index is 2.30. The third kappa shape index (κ3) is 3.43. The monoisotopic (exact) mass is 273 g/mol. The fourth-order valence-corrected chi connectivity index (χ4v) is 1.92. The second kappa shape index (κ2) is 6.83. The molecule has 0 aliphatic rings. The minimum absolute atomic E-state index is 0.333. The first-order valence-corrected chi connectivity index (χ1v) is 6.45. The normalized spacial score (nSPS) is 10.3. The van der Waals surface area contributed by atoms with Gasteiger partial charge in [-0.2, -0.15) is 0 Å². The van der Waals surface area contributed by atoms with Crippen LogP contribution in [0.4, 0.5) is 17.3 Å². The molecule has 0 saturated carbocycles. The molecule has 0 atom stereocenters. The second-order valence-corrected chi connectivity index (χ2v) is 4.27. The standard InChI is InChI=1S/C14H19N5O/c1-3-10-6-4-5-7-11(10)16-12-8-13(19-15)18-14(17-12)9-20-2/h4-8H,3,9,15H2,1-2H3,(H2,16,17,18,19). The average Bonchev–Trinajstić information content (AvgIpc) is 2.48. The lowest BCUT2D eigenvalue weighted by molar-refractivity contribution is 0.178. The molecule has 0 aliphatic carbocycles. The van der Waals surface area contributed by atoms with Crippen LogP contribution in [0.2, 0.25) is 0 Å². The van der Waals surface area contributed by atoms with Crippen molar-refractivity contribution in [3.8, 4) is 0 Å². The molecule has 6 heteroatoms. The maximum absolute atomic E-state index is 5.42. The highest BCUT2D eigenvalue weighted by Gasteiger charge is 2.06. The summed E-state index contributed by atoms with van der Waals surface area (Å²) >= 11 is 0. The Morgan fingerprint density at radius 2 is 1.95 bits per heavy atom. The Kier molecular flexibility index (Phi) is 4.86. The van der Waals surface area contributed by atoms with Crippen LogP contribution in [0.1, 0.15) is 18.3 Å². The Bertz CT molecular complexity index is 573. The summed E-state index contributed by atoms with van der Waals surface area (Å²) in [6, 6.07) is 9.87. The molecule has 0 bridgehead atoms. The molecule has 6 nitrogen and oxygen atoms in total. The maximum Gasteiger partial charge on any atom is 0.158 e. The van der Waals surface area contributed by atoms with E-state index in [2.05, 4.69) is 33.7 Å². The first-order chi connectivity index (χ1) is 9.76. The molecule has 0 unspecified atom stereocenters. The molecule has 0 saturated heterocycles. The quantitative estimate of drug-likeness (QED) is 0.553. The average molecular weight is 273 g/mol. The molecule has 0 amide bonds. The van der Waals surface area contributed by atoms with Gasteiger partial charge >= 0.3 is 0 Å². The number of benzene rings is 1. The molecule has 1 aromatic carbocycles. The number of anilines is 3. The number of nitrogens with one attached hydrogen (secondary N) is 2. The van der Waals surface area contributed by atoms with Gasteiger partial charge < -0.3 is 15.5 Å². The summed E-state index contributed by atoms with van der Waals surface area (Å²) in [7, 11) is 1.60. The molecule has 4 N–H and O–H groups in total. The minimum atomic E-state index is 0.333. The van der Waals surface area contributed by atoms with Crippen LogP contribution in [0.15, 0.2) is 30.3 Å². The number of hydrogen-bond acceptors (Lipinski definition) is 6. The van der Waals surface area contributed by atoms with Crippen LogP contribution in [0.5, 0.6) is 0 Å². The van der Waals surface area contributed by atoms with Gasteiger partial charge in [-0.1, -0.05) is 25.1 Å². The molecule has 1 heterocycles. The molecule has 106 valence electrons. The number of nitrogens with two attached hydrogens (primary N) is 1. The van der Waals surface area contributed by atoms with Crippen LogP contribution < -0.4 is 16.6 Å². The zero-order valence-corrected chi connectivity index (χ0v) is 11.7. The summed E-state index contributed by atoms with van der Waals surface area (Å²) in [5.74, 6) is 7.22. The predicted molar refractivity (Wildman–Crippen MR) is 79.7 cm³/mol. The van der Waals surface area contributed by atoms with Gasteiger partial charge in [0.15, 0.2) is 5.82 Å². The van der Waals surface area contributed by atoms with Crippen LogP contribution >= 0.6 is 0 Å². The molecule has 2 rings (SSSR count). The van der Waals surface area contributed by atoms with E-state index >= 15 is 0 Å². The van der Waals surface area contributed by atoms with Gasteiger partial charge in [-0.15, -0.1) is 0 Å². The molecule has 0 aliphatic heterocycles. The van der Waals surface area contributed by atoms with Crippen LogP contribution in [-0.2, 0) is 17.8 Å². The van der Waals surface area contributed by atoms with E-state index in [1.54, 1.807) is 13.2 Å². The van der Waals surface area contributed by atoms with E-state index < -0.39 is 0 Å². The van der Waals surface area contributed by atoms with Gasteiger partial charge in [0.1, 0.15) is 18.2 Å². The number of aryl methyl sites for hydroxylation is 1. The number of aromatic nitrogens is 2. The Morgan fingerprint density at radius 1 is 1.20 bits per heavy atom. The van der Waals surface area contributed by atoms with Crippen molar-refractivity contribution in [1.29, 1.82) is 0 Å². The van der Waals surface area contributed by atoms with Crippen molar-refractivity contribution in [3.05, 3.63) is 41.7 Å². The van der Waals surface area contributed by atoms with Gasteiger partial charge in [0, 0.05) is 18.9 Å². The van der Waals surface area contributed by atoms with E-state index in [1.807, 2.05) is 18.2 Å². The summed E-state index contributed by atoms with van der Waals surface area (Å²) in [5.41, 5.74) is 4.79. The van der Waals surface area contributed by atoms with Crippen molar-refractivity contribution in [2.45, 2.75) is 20.0 Å². The molecule has 0 radical (unpaired) electrons. The summed E-state index contributed by atoms with van der Waals surface area (Å²) < 4.78 is 5.06. The number of nitrogens with zero attached hydrogens (tertiary/aromatic N) is 2. The lowest BCUT2D eigenvalue weighted by atomic mass is 10.1. The molecule has 20 heavy (non-hydrogen) atoms. The molecule has 1 aromatic heterocycles. The van der Waals surface area contributed by atoms with E-state index in [0.29, 0.717) is 24.1 Å². The van der Waals surface area contributed by atoms with Crippen molar-refractivity contribution in [2.24, 2.45) is 5.84 Å². The molecule has 0 spiro atoms. The van der Waals surface area contributed by atoms with Gasteiger partial charge in [-0.3, -0.25) is 0 Å². The third-order valence-electron chi connectivity index (χ3n) is 2.85. The summed E-state index contributed by atoms with van der Waals surface area (Å²) in [6.45, 7) is 2.45. The highest BCUT2D eigenvalue weighted by atomic mass is 16.5. The number of ether oxygens (including phenoxy) is 1. The van der Waals surface area contributed by atoms with E-state index in [-0.39, 0.29) is 0 Å². The van der Waals surface area contributed by atoms with Gasteiger partial charge in [0.2, 0.25) is 0 Å². The Labute approximate surface area is 118 Å². The highest BCUT2D eigenvalue weighted by molar-refractivity contribution is 5.62. The van der Waals surface area contributed by atoms with Crippen LogP contribution in [0.3, 0.4) is 0 Å². The van der Waals surface area contributed by atoms with Crippen LogP contribution in [-0.4, -0.2) is 17.1 Å². The second-order valence-electron chi connectivity index (χ2n) is 4.27. The molecule has 0 fully saturated rings. The lowest BCUT2D eigenvalue weighted by Gasteiger charge is -2.12. The van der Waals surface area contributed by atoms with Crippen molar-refractivity contribution in [1.82, 2.24) is 9.97 Å². The number of hydrogen-bond donors (Lipinski definition) is 3. The van der Waals surface area contributed by atoms with Crippen molar-refractivity contribution >= 4 is 17.3 Å². The van der Waals surface area contributed by atoms with Crippen molar-refractivity contribution in [3.63, 3.8) is 0 Å². The zero-order valence-electron chi connectivity index (χ0n) is 11.7. The summed E-state index contributed by atoms with van der Waals surface area (Å²) in [5, 5.41) is 3.29. The zero-order chi connectivity index (χ0) is 14.4. The topological polar surface area (TPSA) is 85.1 Å². The van der Waals surface area contributed by atoms with Crippen molar-refractivity contribution in [2.75, 3.05) is 17.9 Å². The fourth-order valence-electron chi connectivity index (χ4n) is 1.92. The fraction of sp³-hybridized carbons (Fsp3) is 0.286. The molecule has 2 aromatic rings. The highest BCUT2D eigenvalue weighted by Crippen LogP contribution is 2.21. The molecular formula is C14H19N5O. The van der Waals surface area contributed by atoms with Gasteiger partial charge in [0.25, 0.3) is 0 Å². The Morgan fingerprint density at radius 3 is 2.65 bits per heavy atom. The van der Waals surface area contributed by atoms with Crippen LogP contribution in [0.25, 0.3) is 0 Å². The van der Waals surface area contributed by atoms with Crippen molar-refractivity contribution < 1.29 is 4.74 Å². The molecular weight excluding hydrogens is 254 g/mol. The third-order valence-corrected chi connectivity index (χ3v) is 2.85. The van der Waals surface area contributed by atoms with E-state index in [9.17, 15) is 0 Å². The maximum atomic E-state index is 5.42. The van der Waals surface area contributed by atoms with E-state index in [1.165, 1.54) is 5.56 Å².